The van der Waals surface area contributed by atoms with Gasteiger partial charge in [-0.05, 0) is 75.3 Å². The van der Waals surface area contributed by atoms with E-state index in [2.05, 4.69) is 15.8 Å². The molecule has 178 valence electrons. The Balaban J connectivity index is 1.55. The van der Waals surface area contributed by atoms with E-state index in [9.17, 15) is 0 Å². The summed E-state index contributed by atoms with van der Waals surface area (Å²) in [5.41, 5.74) is 5.41. The van der Waals surface area contributed by atoms with Crippen LogP contribution in [0.3, 0.4) is 0 Å². The number of hydrogen-bond acceptors (Lipinski definition) is 5. The molecular formula is C26H31N5O2S. The molecule has 1 fully saturated rings. The van der Waals surface area contributed by atoms with Gasteiger partial charge in [0.1, 0.15) is 11.5 Å². The fourth-order valence-corrected chi connectivity index (χ4v) is 4.23. The Labute approximate surface area is 206 Å². The minimum Gasteiger partial charge on any atom is -0.494 e. The number of hydrogen-bond donors (Lipinski definition) is 2. The van der Waals surface area contributed by atoms with Crippen LogP contribution >= 0.6 is 12.2 Å². The van der Waals surface area contributed by atoms with Crippen LogP contribution in [0, 0.1) is 6.92 Å². The molecule has 8 heteroatoms. The first-order chi connectivity index (χ1) is 16.6. The van der Waals surface area contributed by atoms with E-state index in [0.29, 0.717) is 29.4 Å². The van der Waals surface area contributed by atoms with E-state index in [4.69, 9.17) is 26.8 Å². The number of nitrogens with zero attached hydrogens (tertiary/aromatic N) is 3. The zero-order valence-corrected chi connectivity index (χ0v) is 20.5. The first-order valence-corrected chi connectivity index (χ1v) is 12.2. The molecule has 0 atom stereocenters. The van der Waals surface area contributed by atoms with Crippen molar-refractivity contribution in [2.75, 3.05) is 6.61 Å². The molecule has 2 N–H and O–H groups in total. The topological polar surface area (TPSA) is 72.7 Å². The zero-order chi connectivity index (χ0) is 23.8. The first-order valence-electron chi connectivity index (χ1n) is 11.8. The van der Waals surface area contributed by atoms with Gasteiger partial charge < -0.3 is 14.8 Å². The smallest absolute Gasteiger partial charge is 0.231 e. The van der Waals surface area contributed by atoms with Crippen molar-refractivity contribution in [1.82, 2.24) is 20.5 Å². The second kappa shape index (κ2) is 11.7. The fourth-order valence-electron chi connectivity index (χ4n) is 4.01. The standard InChI is InChI=1S/C26H31N5O2S/c1-3-32-22-14-16-23(17-15-22)33-25-24(19(2)30-31(25)21-12-8-5-9-13-21)18-27-29-26(34)28-20-10-6-4-7-11-20/h5,8-9,12-18,20H,3-4,6-7,10-11H2,1-2H3,(H2,28,29,34)/b27-18+. The van der Waals surface area contributed by atoms with Crippen LogP contribution in [-0.2, 0) is 0 Å². The Morgan fingerprint density at radius 2 is 1.79 bits per heavy atom. The van der Waals surface area contributed by atoms with Crippen molar-refractivity contribution < 1.29 is 9.47 Å². The number of rotatable bonds is 8. The molecule has 0 saturated heterocycles. The molecule has 0 bridgehead atoms. The molecule has 1 aliphatic rings. The van der Waals surface area contributed by atoms with Gasteiger partial charge >= 0.3 is 0 Å². The number of para-hydroxylation sites is 1. The van der Waals surface area contributed by atoms with Crippen molar-refractivity contribution in [3.05, 3.63) is 65.9 Å². The lowest BCUT2D eigenvalue weighted by molar-refractivity contribution is 0.339. The van der Waals surface area contributed by atoms with Gasteiger partial charge in [0, 0.05) is 6.04 Å². The quantitative estimate of drug-likeness (QED) is 0.253. The van der Waals surface area contributed by atoms with E-state index in [1.54, 1.807) is 10.9 Å². The van der Waals surface area contributed by atoms with Gasteiger partial charge in [0.25, 0.3) is 0 Å². The maximum Gasteiger partial charge on any atom is 0.231 e. The first kappa shape index (κ1) is 23.8. The third-order valence-electron chi connectivity index (χ3n) is 5.71. The van der Waals surface area contributed by atoms with Gasteiger partial charge in [-0.3, -0.25) is 5.43 Å². The average Bonchev–Trinajstić information content (AvgIpc) is 3.16. The summed E-state index contributed by atoms with van der Waals surface area (Å²) in [5, 5.41) is 13.0. The summed E-state index contributed by atoms with van der Waals surface area (Å²) in [6.07, 6.45) is 7.79. The number of aryl methyl sites for hydroxylation is 1. The van der Waals surface area contributed by atoms with Gasteiger partial charge in [-0.1, -0.05) is 37.5 Å². The molecule has 0 spiro atoms. The molecule has 0 unspecified atom stereocenters. The third kappa shape index (κ3) is 6.14. The van der Waals surface area contributed by atoms with E-state index in [1.165, 1.54) is 19.3 Å². The summed E-state index contributed by atoms with van der Waals surface area (Å²) in [5.74, 6) is 2.05. The molecule has 1 heterocycles. The van der Waals surface area contributed by atoms with Gasteiger partial charge in [0.15, 0.2) is 5.11 Å². The van der Waals surface area contributed by atoms with Gasteiger partial charge in [-0.2, -0.15) is 14.9 Å². The van der Waals surface area contributed by atoms with Gasteiger partial charge in [0.05, 0.1) is 29.8 Å². The third-order valence-corrected chi connectivity index (χ3v) is 5.92. The Bertz CT molecular complexity index is 1110. The second-order valence-electron chi connectivity index (χ2n) is 8.24. The molecule has 0 radical (unpaired) electrons. The molecule has 1 saturated carbocycles. The highest BCUT2D eigenvalue weighted by atomic mass is 32.1. The summed E-state index contributed by atoms with van der Waals surface area (Å²) in [4.78, 5) is 0. The van der Waals surface area contributed by atoms with Crippen LogP contribution in [-0.4, -0.2) is 33.8 Å². The Hall–Kier alpha value is -3.39. The van der Waals surface area contributed by atoms with Gasteiger partial charge in [0.2, 0.25) is 5.88 Å². The number of hydrazone groups is 1. The predicted octanol–water partition coefficient (Wildman–Crippen LogP) is 5.50. The molecule has 34 heavy (non-hydrogen) atoms. The molecule has 1 aromatic heterocycles. The Morgan fingerprint density at radius 3 is 2.50 bits per heavy atom. The molecule has 0 aliphatic heterocycles. The van der Waals surface area contributed by atoms with Gasteiger partial charge in [-0.25, -0.2) is 0 Å². The summed E-state index contributed by atoms with van der Waals surface area (Å²) < 4.78 is 13.6. The van der Waals surface area contributed by atoms with Crippen LogP contribution in [0.25, 0.3) is 5.69 Å². The summed E-state index contributed by atoms with van der Waals surface area (Å²) in [7, 11) is 0. The predicted molar refractivity (Wildman–Crippen MR) is 139 cm³/mol. The number of ether oxygens (including phenoxy) is 2. The summed E-state index contributed by atoms with van der Waals surface area (Å²) in [6, 6.07) is 17.8. The van der Waals surface area contributed by atoms with Crippen LogP contribution in [0.15, 0.2) is 59.7 Å². The molecule has 7 nitrogen and oxygen atoms in total. The number of benzene rings is 2. The van der Waals surface area contributed by atoms with Crippen molar-refractivity contribution in [3.63, 3.8) is 0 Å². The monoisotopic (exact) mass is 477 g/mol. The van der Waals surface area contributed by atoms with E-state index in [0.717, 1.165) is 35.5 Å². The van der Waals surface area contributed by atoms with Crippen LogP contribution in [0.5, 0.6) is 17.4 Å². The highest BCUT2D eigenvalue weighted by molar-refractivity contribution is 7.80. The van der Waals surface area contributed by atoms with Crippen molar-refractivity contribution in [2.45, 2.75) is 52.0 Å². The average molecular weight is 478 g/mol. The maximum absolute atomic E-state index is 6.31. The molecule has 1 aliphatic carbocycles. The highest BCUT2D eigenvalue weighted by Crippen LogP contribution is 2.30. The van der Waals surface area contributed by atoms with Crippen LogP contribution < -0.4 is 20.2 Å². The van der Waals surface area contributed by atoms with E-state index >= 15 is 0 Å². The minimum atomic E-state index is 0.421. The molecule has 4 rings (SSSR count). The van der Waals surface area contributed by atoms with E-state index in [1.807, 2.05) is 68.4 Å². The van der Waals surface area contributed by atoms with Crippen molar-refractivity contribution in [1.29, 1.82) is 0 Å². The van der Waals surface area contributed by atoms with Crippen molar-refractivity contribution in [2.24, 2.45) is 5.10 Å². The number of nitrogens with one attached hydrogen (secondary N) is 2. The number of aromatic nitrogens is 2. The second-order valence-corrected chi connectivity index (χ2v) is 8.64. The Kier molecular flexibility index (Phi) is 8.14. The molecule has 3 aromatic rings. The molecular weight excluding hydrogens is 446 g/mol. The largest absolute Gasteiger partial charge is 0.494 e. The SMILES string of the molecule is CCOc1ccc(Oc2c(/C=N/NC(=S)NC3CCCCC3)c(C)nn2-c2ccccc2)cc1. The lowest BCUT2D eigenvalue weighted by Gasteiger charge is -2.23. The molecule has 2 aromatic carbocycles. The van der Waals surface area contributed by atoms with Crippen molar-refractivity contribution in [3.8, 4) is 23.1 Å². The lowest BCUT2D eigenvalue weighted by atomic mass is 9.96. The van der Waals surface area contributed by atoms with Crippen molar-refractivity contribution >= 4 is 23.5 Å². The fraction of sp³-hybridized carbons (Fsp3) is 0.346. The zero-order valence-electron chi connectivity index (χ0n) is 19.7. The summed E-state index contributed by atoms with van der Waals surface area (Å²) >= 11 is 5.44. The molecule has 0 amide bonds. The van der Waals surface area contributed by atoms with E-state index in [-0.39, 0.29) is 0 Å². The van der Waals surface area contributed by atoms with Gasteiger partial charge in [-0.15, -0.1) is 0 Å². The van der Waals surface area contributed by atoms with Crippen LogP contribution in [0.2, 0.25) is 0 Å². The van der Waals surface area contributed by atoms with E-state index < -0.39 is 0 Å². The number of thiocarbonyl (C=S) groups is 1. The highest BCUT2D eigenvalue weighted by Gasteiger charge is 2.18. The van der Waals surface area contributed by atoms with Crippen LogP contribution in [0.4, 0.5) is 0 Å². The Morgan fingerprint density at radius 1 is 1.09 bits per heavy atom. The van der Waals surface area contributed by atoms with Crippen LogP contribution in [0.1, 0.15) is 50.3 Å². The normalized spacial score (nSPS) is 14.2. The minimum absolute atomic E-state index is 0.421. The lowest BCUT2D eigenvalue weighted by Crippen LogP contribution is -2.40. The summed E-state index contributed by atoms with van der Waals surface area (Å²) in [6.45, 7) is 4.51. The maximum atomic E-state index is 6.31.